The molecule has 12 nitrogen and oxygen atoms in total. The van der Waals surface area contributed by atoms with E-state index in [9.17, 15) is 26.4 Å². The molecule has 0 unspecified atom stereocenters. The predicted octanol–water partition coefficient (Wildman–Crippen LogP) is -0.610. The number of carbonyl (C=O) groups excluding carboxylic acids is 2. The number of hydrogen-bond donors (Lipinski definition) is 1. The van der Waals surface area contributed by atoms with Crippen LogP contribution >= 0.6 is 0 Å². The monoisotopic (exact) mass is 446 g/mol. The Bertz CT molecular complexity index is 718. The van der Waals surface area contributed by atoms with Gasteiger partial charge >= 0.3 is 22.4 Å². The van der Waals surface area contributed by atoms with E-state index < -0.39 is 44.2 Å². The topological polar surface area (TPSA) is 155 Å². The fourth-order valence-corrected chi connectivity index (χ4v) is 4.09. The molecule has 1 amide bonds. The smallest absolute Gasteiger partial charge is 0.407 e. The molecule has 0 fully saturated rings. The molecule has 0 aliphatic rings. The maximum atomic E-state index is 11.8. The summed E-state index contributed by atoms with van der Waals surface area (Å²) in [6, 6.07) is 0. The molecule has 0 aliphatic carbocycles. The first kappa shape index (κ1) is 26.3. The zero-order valence-corrected chi connectivity index (χ0v) is 17.6. The van der Waals surface area contributed by atoms with Gasteiger partial charge in [-0.2, -0.15) is 8.42 Å². The quantitative estimate of drug-likeness (QED) is 0.207. The average Bonchev–Trinajstić information content (AvgIpc) is 2.63. The number of ether oxygens (including phenoxy) is 3. The van der Waals surface area contributed by atoms with Gasteiger partial charge in [0.15, 0.2) is 0 Å². The number of esters is 1. The van der Waals surface area contributed by atoms with E-state index in [1.165, 1.54) is 13.8 Å². The Labute approximate surface area is 165 Å². The molecule has 14 heteroatoms. The van der Waals surface area contributed by atoms with Crippen molar-refractivity contribution >= 4 is 32.4 Å². The third-order valence-electron chi connectivity index (χ3n) is 2.97. The largest absolute Gasteiger partial charge is 0.461 e. The molecule has 0 spiro atoms. The maximum absolute atomic E-state index is 11.8. The van der Waals surface area contributed by atoms with Crippen molar-refractivity contribution in [3.05, 3.63) is 12.7 Å². The highest BCUT2D eigenvalue weighted by molar-refractivity contribution is 8.02. The zero-order valence-electron chi connectivity index (χ0n) is 16.0. The minimum Gasteiger partial charge on any atom is -0.461 e. The summed E-state index contributed by atoms with van der Waals surface area (Å²) in [5.41, 5.74) is 0. The molecule has 0 aromatic carbocycles. The molecular weight excluding hydrogens is 420 g/mol. The number of carbonyl (C=O) groups is 2. The fraction of sp³-hybridized carbons (Fsp3) is 0.714. The Kier molecular flexibility index (Phi) is 11.9. The molecule has 0 atom stereocenters. The molecule has 0 saturated carbocycles. The van der Waals surface area contributed by atoms with E-state index in [4.69, 9.17) is 9.47 Å². The van der Waals surface area contributed by atoms with Crippen molar-refractivity contribution in [1.82, 2.24) is 9.03 Å². The lowest BCUT2D eigenvalue weighted by Crippen LogP contribution is -2.39. The van der Waals surface area contributed by atoms with E-state index in [0.29, 0.717) is 0 Å². The molecule has 164 valence electrons. The van der Waals surface area contributed by atoms with Crippen molar-refractivity contribution in [2.24, 2.45) is 0 Å². The number of rotatable bonds is 14. The maximum Gasteiger partial charge on any atom is 0.407 e. The van der Waals surface area contributed by atoms with E-state index in [-0.39, 0.29) is 36.7 Å². The second-order valence-electron chi connectivity index (χ2n) is 5.30. The number of alkyl carbamates (subject to hydrolysis) is 1. The normalized spacial score (nSPS) is 12.0. The molecule has 0 aromatic rings. The van der Waals surface area contributed by atoms with Gasteiger partial charge in [-0.05, 0) is 13.8 Å². The first-order valence-corrected chi connectivity index (χ1v) is 11.0. The molecule has 0 rings (SSSR count). The minimum absolute atomic E-state index is 0.0385. The van der Waals surface area contributed by atoms with E-state index >= 15 is 0 Å². The lowest BCUT2D eigenvalue weighted by molar-refractivity contribution is -0.137. The number of sulfonamides is 1. The summed E-state index contributed by atoms with van der Waals surface area (Å²) in [7, 11) is -7.61. The molecule has 28 heavy (non-hydrogen) atoms. The highest BCUT2D eigenvalue weighted by Gasteiger charge is 2.33. The van der Waals surface area contributed by atoms with Crippen molar-refractivity contribution in [2.45, 2.75) is 19.1 Å². The third kappa shape index (κ3) is 9.98. The van der Waals surface area contributed by atoms with Crippen LogP contribution in [0.25, 0.3) is 0 Å². The number of nitrogens with one attached hydrogen (secondary N) is 1. The minimum atomic E-state index is -4.46. The average molecular weight is 447 g/mol. The number of nitrogens with zero attached hydrogens (tertiary/aromatic N) is 1. The summed E-state index contributed by atoms with van der Waals surface area (Å²) in [6.45, 7) is 5.17. The van der Waals surface area contributed by atoms with Gasteiger partial charge < -0.3 is 19.5 Å². The summed E-state index contributed by atoms with van der Waals surface area (Å²) >= 11 is 0. The Morgan fingerprint density at radius 1 is 1.04 bits per heavy atom. The SMILES string of the molecule is C=CC(=O)OCCNC(=O)OCCOCCOS(=O)(=O)N(C)S(=O)(=O)C(C)C. The second kappa shape index (κ2) is 12.7. The van der Waals surface area contributed by atoms with Gasteiger partial charge in [-0.1, -0.05) is 10.3 Å². The van der Waals surface area contributed by atoms with Gasteiger partial charge in [0.1, 0.15) is 13.2 Å². The van der Waals surface area contributed by atoms with Crippen LogP contribution in [-0.4, -0.2) is 84.5 Å². The Balaban J connectivity index is 3.90. The Morgan fingerprint density at radius 3 is 2.21 bits per heavy atom. The van der Waals surface area contributed by atoms with E-state index in [0.717, 1.165) is 13.1 Å². The van der Waals surface area contributed by atoms with Gasteiger partial charge in [-0.3, -0.25) is 4.18 Å². The van der Waals surface area contributed by atoms with Gasteiger partial charge in [-0.15, -0.1) is 0 Å². The van der Waals surface area contributed by atoms with Crippen LogP contribution in [0.15, 0.2) is 12.7 Å². The summed E-state index contributed by atoms with van der Waals surface area (Å²) in [4.78, 5) is 22.0. The molecule has 0 heterocycles. The highest BCUT2D eigenvalue weighted by Crippen LogP contribution is 2.12. The van der Waals surface area contributed by atoms with Crippen molar-refractivity contribution in [1.29, 1.82) is 0 Å². The van der Waals surface area contributed by atoms with Crippen molar-refractivity contribution in [3.63, 3.8) is 0 Å². The van der Waals surface area contributed by atoms with Crippen LogP contribution in [0, 0.1) is 0 Å². The number of hydrogen-bond acceptors (Lipinski definition) is 10. The van der Waals surface area contributed by atoms with Crippen LogP contribution in [-0.2, 0) is 43.5 Å². The molecular formula is C14H26N2O10S2. The van der Waals surface area contributed by atoms with Crippen molar-refractivity contribution in [2.75, 3.05) is 46.6 Å². The summed E-state index contributed by atoms with van der Waals surface area (Å²) in [5.74, 6) is -0.610. The van der Waals surface area contributed by atoms with Gasteiger partial charge in [-0.25, -0.2) is 18.0 Å². The Hall–Kier alpha value is -1.74. The molecule has 0 aromatic heterocycles. The zero-order chi connectivity index (χ0) is 21.8. The molecule has 0 saturated heterocycles. The van der Waals surface area contributed by atoms with E-state index in [2.05, 4.69) is 20.8 Å². The van der Waals surface area contributed by atoms with Crippen LogP contribution in [0.4, 0.5) is 4.79 Å². The Morgan fingerprint density at radius 2 is 1.64 bits per heavy atom. The van der Waals surface area contributed by atoms with Crippen LogP contribution < -0.4 is 5.32 Å². The summed E-state index contributed by atoms with van der Waals surface area (Å²) in [6.07, 6.45) is 0.240. The van der Waals surface area contributed by atoms with Crippen LogP contribution in [0.5, 0.6) is 0 Å². The summed E-state index contributed by atoms with van der Waals surface area (Å²) < 4.78 is 66.4. The molecule has 0 aliphatic heterocycles. The first-order chi connectivity index (χ1) is 12.9. The van der Waals surface area contributed by atoms with Gasteiger partial charge in [0.05, 0.1) is 31.6 Å². The standard InChI is InChI=1S/C14H26N2O10S2/c1-5-13(17)24-7-6-15-14(18)25-10-8-23-9-11-26-28(21,22)16(4)27(19,20)12(2)3/h5,12H,1,6-11H2,2-4H3,(H,15,18). The van der Waals surface area contributed by atoms with Crippen LogP contribution in [0.3, 0.4) is 0 Å². The first-order valence-electron chi connectivity index (χ1n) is 8.10. The van der Waals surface area contributed by atoms with Crippen molar-refractivity contribution < 1.29 is 44.8 Å². The molecule has 0 radical (unpaired) electrons. The fourth-order valence-electron chi connectivity index (χ4n) is 1.41. The number of amides is 1. The lowest BCUT2D eigenvalue weighted by Gasteiger charge is -2.18. The molecule has 1 N–H and O–H groups in total. The van der Waals surface area contributed by atoms with E-state index in [1.807, 2.05) is 0 Å². The lowest BCUT2D eigenvalue weighted by atomic mass is 10.6. The van der Waals surface area contributed by atoms with Gasteiger partial charge in [0, 0.05) is 13.1 Å². The van der Waals surface area contributed by atoms with Crippen LogP contribution in [0.2, 0.25) is 0 Å². The van der Waals surface area contributed by atoms with Crippen LogP contribution in [0.1, 0.15) is 13.8 Å². The van der Waals surface area contributed by atoms with Gasteiger partial charge in [0.2, 0.25) is 10.0 Å². The third-order valence-corrected chi connectivity index (χ3v) is 7.15. The second-order valence-corrected chi connectivity index (χ2v) is 9.69. The summed E-state index contributed by atoms with van der Waals surface area (Å²) in [5, 5.41) is 1.40. The highest BCUT2D eigenvalue weighted by atomic mass is 32.3. The van der Waals surface area contributed by atoms with Gasteiger partial charge in [0.25, 0.3) is 0 Å². The van der Waals surface area contributed by atoms with Crippen molar-refractivity contribution in [3.8, 4) is 0 Å². The predicted molar refractivity (Wildman–Crippen MR) is 98.0 cm³/mol. The van der Waals surface area contributed by atoms with E-state index in [1.54, 1.807) is 0 Å². The molecule has 0 bridgehead atoms.